The van der Waals surface area contributed by atoms with E-state index in [1.165, 1.54) is 0 Å². The average molecular weight is 423 g/mol. The number of aromatic nitrogens is 2. The Labute approximate surface area is 181 Å². The van der Waals surface area contributed by atoms with E-state index in [1.54, 1.807) is 42.2 Å². The molecule has 0 aliphatic rings. The molecule has 2 unspecified atom stereocenters. The van der Waals surface area contributed by atoms with Crippen LogP contribution in [0.4, 0.5) is 5.69 Å². The molecule has 0 fully saturated rings. The number of nitrogens with zero attached hydrogens (tertiary/aromatic N) is 2. The van der Waals surface area contributed by atoms with Crippen LogP contribution in [-0.2, 0) is 11.8 Å². The van der Waals surface area contributed by atoms with Crippen LogP contribution in [0.3, 0.4) is 0 Å². The van der Waals surface area contributed by atoms with E-state index < -0.39 is 6.04 Å². The maximum absolute atomic E-state index is 12.9. The van der Waals surface area contributed by atoms with Crippen molar-refractivity contribution in [3.05, 3.63) is 72.6 Å². The highest BCUT2D eigenvalue weighted by atomic mass is 32.2. The molecule has 7 heteroatoms. The molecule has 2 amide bonds. The monoisotopic (exact) mass is 422 g/mol. The van der Waals surface area contributed by atoms with Crippen molar-refractivity contribution in [3.8, 4) is 0 Å². The molecule has 1 aromatic heterocycles. The number of carbonyl (C=O) groups excluding carboxylic acids is 2. The lowest BCUT2D eigenvalue weighted by Gasteiger charge is -2.23. The van der Waals surface area contributed by atoms with E-state index in [-0.39, 0.29) is 17.7 Å². The number of aryl methyl sites for hydroxylation is 1. The quantitative estimate of drug-likeness (QED) is 0.566. The minimum Gasteiger partial charge on any atom is -0.340 e. The fourth-order valence-electron chi connectivity index (χ4n) is 2.90. The van der Waals surface area contributed by atoms with Gasteiger partial charge in [0.1, 0.15) is 6.04 Å². The predicted octanol–water partition coefficient (Wildman–Crippen LogP) is 4.35. The van der Waals surface area contributed by atoms with Crippen LogP contribution in [0, 0.1) is 5.92 Å². The first-order valence-corrected chi connectivity index (χ1v) is 10.7. The van der Waals surface area contributed by atoms with E-state index in [2.05, 4.69) is 15.6 Å². The van der Waals surface area contributed by atoms with Gasteiger partial charge in [0.25, 0.3) is 5.91 Å². The first-order chi connectivity index (χ1) is 14.5. The zero-order chi connectivity index (χ0) is 21.5. The Balaban J connectivity index is 1.66. The number of rotatable bonds is 8. The molecule has 0 bridgehead atoms. The van der Waals surface area contributed by atoms with Gasteiger partial charge in [-0.2, -0.15) is 0 Å². The van der Waals surface area contributed by atoms with E-state index in [9.17, 15) is 9.59 Å². The lowest BCUT2D eigenvalue weighted by Crippen LogP contribution is -2.47. The third-order valence-corrected chi connectivity index (χ3v) is 6.01. The van der Waals surface area contributed by atoms with Crippen molar-refractivity contribution in [2.45, 2.75) is 36.4 Å². The summed E-state index contributed by atoms with van der Waals surface area (Å²) in [6.07, 6.45) is 4.43. The van der Waals surface area contributed by atoms with Gasteiger partial charge in [0, 0.05) is 35.6 Å². The molecule has 30 heavy (non-hydrogen) atoms. The third-order valence-electron chi connectivity index (χ3n) is 4.93. The van der Waals surface area contributed by atoms with E-state index in [1.807, 2.05) is 62.0 Å². The lowest BCUT2D eigenvalue weighted by molar-refractivity contribution is -0.119. The molecule has 3 rings (SSSR count). The van der Waals surface area contributed by atoms with Gasteiger partial charge in [-0.25, -0.2) is 4.98 Å². The number of carbonyl (C=O) groups is 2. The normalized spacial score (nSPS) is 12.8. The second-order valence-electron chi connectivity index (χ2n) is 7.14. The molecule has 0 saturated heterocycles. The van der Waals surface area contributed by atoms with Crippen LogP contribution < -0.4 is 10.6 Å². The minimum atomic E-state index is -0.621. The number of benzene rings is 2. The Morgan fingerprint density at radius 2 is 1.80 bits per heavy atom. The standard InChI is InChI=1S/C23H26N4O2S/c1-4-16(2)20(26-21(28)17-8-6-5-7-9-17)22(29)25-18-10-12-19(13-11-18)30-23-24-14-15-27(23)3/h5-16,20H,4H2,1-3H3,(H,25,29)(H,26,28). The van der Waals surface area contributed by atoms with Crippen molar-refractivity contribution in [3.63, 3.8) is 0 Å². The van der Waals surface area contributed by atoms with Crippen molar-refractivity contribution < 1.29 is 9.59 Å². The van der Waals surface area contributed by atoms with Gasteiger partial charge < -0.3 is 15.2 Å². The van der Waals surface area contributed by atoms with E-state index in [0.29, 0.717) is 11.3 Å². The van der Waals surface area contributed by atoms with Crippen LogP contribution in [-0.4, -0.2) is 27.4 Å². The summed E-state index contributed by atoms with van der Waals surface area (Å²) in [7, 11) is 1.95. The maximum atomic E-state index is 12.9. The Kier molecular flexibility index (Phi) is 7.30. The Hall–Kier alpha value is -3.06. The molecule has 0 aliphatic heterocycles. The number of anilines is 1. The van der Waals surface area contributed by atoms with Gasteiger partial charge in [0.2, 0.25) is 5.91 Å². The second-order valence-corrected chi connectivity index (χ2v) is 8.18. The molecule has 0 aliphatic carbocycles. The summed E-state index contributed by atoms with van der Waals surface area (Å²) >= 11 is 1.55. The van der Waals surface area contributed by atoms with Gasteiger partial charge in [-0.1, -0.05) is 50.2 Å². The van der Waals surface area contributed by atoms with Gasteiger partial charge in [0.05, 0.1) is 0 Å². The summed E-state index contributed by atoms with van der Waals surface area (Å²) in [5, 5.41) is 6.71. The maximum Gasteiger partial charge on any atom is 0.251 e. The van der Waals surface area contributed by atoms with Crippen molar-refractivity contribution in [2.24, 2.45) is 13.0 Å². The average Bonchev–Trinajstić information content (AvgIpc) is 3.17. The van der Waals surface area contributed by atoms with Gasteiger partial charge in [-0.15, -0.1) is 0 Å². The molecular weight excluding hydrogens is 396 g/mol. The summed E-state index contributed by atoms with van der Waals surface area (Å²) < 4.78 is 1.95. The van der Waals surface area contributed by atoms with Crippen molar-refractivity contribution >= 4 is 29.3 Å². The van der Waals surface area contributed by atoms with E-state index in [0.717, 1.165) is 16.5 Å². The topological polar surface area (TPSA) is 76.0 Å². The number of amides is 2. The van der Waals surface area contributed by atoms with Crippen LogP contribution in [0.2, 0.25) is 0 Å². The summed E-state index contributed by atoms with van der Waals surface area (Å²) in [6, 6.07) is 15.9. The number of hydrogen-bond donors (Lipinski definition) is 2. The molecule has 156 valence electrons. The van der Waals surface area contributed by atoms with Crippen molar-refractivity contribution in [1.82, 2.24) is 14.9 Å². The lowest BCUT2D eigenvalue weighted by atomic mass is 9.97. The number of hydrogen-bond acceptors (Lipinski definition) is 4. The third kappa shape index (κ3) is 5.51. The Bertz CT molecular complexity index is 986. The molecule has 0 radical (unpaired) electrons. The number of imidazole rings is 1. The van der Waals surface area contributed by atoms with Gasteiger partial charge >= 0.3 is 0 Å². The molecule has 1 heterocycles. The highest BCUT2D eigenvalue weighted by Gasteiger charge is 2.26. The van der Waals surface area contributed by atoms with E-state index >= 15 is 0 Å². The molecule has 6 nitrogen and oxygen atoms in total. The smallest absolute Gasteiger partial charge is 0.251 e. The molecule has 3 aromatic rings. The molecule has 2 atom stereocenters. The van der Waals surface area contributed by atoms with E-state index in [4.69, 9.17) is 0 Å². The first-order valence-electron chi connectivity index (χ1n) is 9.90. The minimum absolute atomic E-state index is 0.00379. The Morgan fingerprint density at radius 3 is 2.40 bits per heavy atom. The van der Waals surface area contributed by atoms with Gasteiger partial charge in [-0.3, -0.25) is 9.59 Å². The molecule has 0 saturated carbocycles. The van der Waals surface area contributed by atoms with Crippen LogP contribution in [0.25, 0.3) is 0 Å². The summed E-state index contributed by atoms with van der Waals surface area (Å²) in [5.74, 6) is -0.480. The summed E-state index contributed by atoms with van der Waals surface area (Å²) in [6.45, 7) is 3.96. The zero-order valence-electron chi connectivity index (χ0n) is 17.3. The molecule has 2 aromatic carbocycles. The molecule has 0 spiro atoms. The second kappa shape index (κ2) is 10.1. The van der Waals surface area contributed by atoms with Crippen molar-refractivity contribution in [2.75, 3.05) is 5.32 Å². The molecule has 2 N–H and O–H groups in total. The number of nitrogens with one attached hydrogen (secondary N) is 2. The highest BCUT2D eigenvalue weighted by molar-refractivity contribution is 7.99. The van der Waals surface area contributed by atoms with Crippen LogP contribution >= 0.6 is 11.8 Å². The summed E-state index contributed by atoms with van der Waals surface area (Å²) in [5.41, 5.74) is 1.22. The predicted molar refractivity (Wildman–Crippen MR) is 120 cm³/mol. The fraction of sp³-hybridized carbons (Fsp3) is 0.261. The first kappa shape index (κ1) is 21.6. The van der Waals surface area contributed by atoms with Gasteiger partial charge in [0.15, 0.2) is 5.16 Å². The largest absolute Gasteiger partial charge is 0.340 e. The SMILES string of the molecule is CCC(C)C(NC(=O)c1ccccc1)C(=O)Nc1ccc(Sc2nccn2C)cc1. The molecular formula is C23H26N4O2S. The van der Waals surface area contributed by atoms with Crippen LogP contribution in [0.15, 0.2) is 77.0 Å². The van der Waals surface area contributed by atoms with Crippen LogP contribution in [0.1, 0.15) is 30.6 Å². The highest BCUT2D eigenvalue weighted by Crippen LogP contribution is 2.27. The van der Waals surface area contributed by atoms with Crippen LogP contribution in [0.5, 0.6) is 0 Å². The Morgan fingerprint density at radius 1 is 1.10 bits per heavy atom. The zero-order valence-corrected chi connectivity index (χ0v) is 18.1. The van der Waals surface area contributed by atoms with Gasteiger partial charge in [-0.05, 0) is 42.3 Å². The fourth-order valence-corrected chi connectivity index (χ4v) is 3.70. The van der Waals surface area contributed by atoms with Crippen molar-refractivity contribution in [1.29, 1.82) is 0 Å². The summed E-state index contributed by atoms with van der Waals surface area (Å²) in [4.78, 5) is 30.8.